The molecule has 4 aromatic rings. The molecule has 0 bridgehead atoms. The maximum absolute atomic E-state index is 13.1. The molecule has 0 radical (unpaired) electrons. The lowest BCUT2D eigenvalue weighted by molar-refractivity contribution is -0.141. The number of primary amides is 1. The zero-order valence-electron chi connectivity index (χ0n) is 25.4. The summed E-state index contributed by atoms with van der Waals surface area (Å²) < 4.78 is 57.4. The molecule has 3 heterocycles. The highest BCUT2D eigenvalue weighted by Crippen LogP contribution is 2.31. The van der Waals surface area contributed by atoms with Crippen molar-refractivity contribution in [1.29, 1.82) is 0 Å². The average molecular weight is 629 g/mol. The highest BCUT2D eigenvalue weighted by molar-refractivity contribution is 5.99. The standard InChI is InChI=1S/C30H35F3N8O4/c1-5-44-23(45-6-2)9-7-8-21-24(25(34)42)27(40-26(38-21)20-15-35-17-37-29(20)43-4)36-14-18-10-12-19(13-11-18)28-39-22(16-41(28)3)30(31,32)33/h10-13,15-17,23H,5-9,14H2,1-4H3,(H2,34,42)(H,36,38,40). The van der Waals surface area contributed by atoms with Gasteiger partial charge in [0, 0.05) is 44.8 Å². The number of halogens is 3. The Morgan fingerprint density at radius 2 is 1.80 bits per heavy atom. The van der Waals surface area contributed by atoms with Crippen molar-refractivity contribution >= 4 is 11.7 Å². The molecule has 12 nitrogen and oxygen atoms in total. The number of amides is 1. The van der Waals surface area contributed by atoms with E-state index in [1.165, 1.54) is 31.2 Å². The zero-order chi connectivity index (χ0) is 32.6. The predicted molar refractivity (Wildman–Crippen MR) is 159 cm³/mol. The van der Waals surface area contributed by atoms with Crippen molar-refractivity contribution in [2.75, 3.05) is 25.6 Å². The van der Waals surface area contributed by atoms with E-state index in [1.54, 1.807) is 24.3 Å². The van der Waals surface area contributed by atoms with E-state index < -0.39 is 24.1 Å². The quantitative estimate of drug-likeness (QED) is 0.176. The normalized spacial score (nSPS) is 11.6. The summed E-state index contributed by atoms with van der Waals surface area (Å²) in [4.78, 5) is 34.0. The summed E-state index contributed by atoms with van der Waals surface area (Å²) in [5, 5.41) is 3.18. The molecule has 0 saturated heterocycles. The van der Waals surface area contributed by atoms with Crippen molar-refractivity contribution in [1.82, 2.24) is 29.5 Å². The number of ether oxygens (including phenoxy) is 3. The fraction of sp³-hybridized carbons (Fsp3) is 0.400. The third kappa shape index (κ3) is 8.30. The summed E-state index contributed by atoms with van der Waals surface area (Å²) >= 11 is 0. The van der Waals surface area contributed by atoms with Crippen LogP contribution in [0.5, 0.6) is 5.88 Å². The topological polar surface area (TPSA) is 152 Å². The maximum Gasteiger partial charge on any atom is 0.434 e. The fourth-order valence-corrected chi connectivity index (χ4v) is 4.68. The second-order valence-corrected chi connectivity index (χ2v) is 9.87. The number of hydrogen-bond acceptors (Lipinski definition) is 10. The van der Waals surface area contributed by atoms with E-state index in [-0.39, 0.29) is 35.5 Å². The van der Waals surface area contributed by atoms with Gasteiger partial charge in [0.05, 0.1) is 18.4 Å². The van der Waals surface area contributed by atoms with Crippen molar-refractivity contribution in [3.05, 3.63) is 65.5 Å². The average Bonchev–Trinajstić information content (AvgIpc) is 3.42. The molecule has 3 aromatic heterocycles. The highest BCUT2D eigenvalue weighted by Gasteiger charge is 2.34. The zero-order valence-corrected chi connectivity index (χ0v) is 25.4. The fourth-order valence-electron chi connectivity index (χ4n) is 4.68. The largest absolute Gasteiger partial charge is 0.480 e. The van der Waals surface area contributed by atoms with Gasteiger partial charge in [-0.1, -0.05) is 24.3 Å². The Labute approximate surface area is 258 Å². The second kappa shape index (κ2) is 14.9. The molecule has 0 saturated carbocycles. The number of carbonyl (C=O) groups excluding carboxylic acids is 1. The van der Waals surface area contributed by atoms with Crippen molar-refractivity contribution in [2.24, 2.45) is 12.8 Å². The van der Waals surface area contributed by atoms with Crippen LogP contribution in [0.3, 0.4) is 0 Å². The van der Waals surface area contributed by atoms with E-state index in [0.29, 0.717) is 49.3 Å². The number of imidazole rings is 1. The second-order valence-electron chi connectivity index (χ2n) is 9.87. The lowest BCUT2D eigenvalue weighted by Gasteiger charge is -2.18. The smallest absolute Gasteiger partial charge is 0.434 e. The number of nitrogens with one attached hydrogen (secondary N) is 1. The van der Waals surface area contributed by atoms with Gasteiger partial charge < -0.3 is 29.8 Å². The number of hydrogen-bond donors (Lipinski definition) is 2. The summed E-state index contributed by atoms with van der Waals surface area (Å²) in [6, 6.07) is 6.83. The number of alkyl halides is 3. The summed E-state index contributed by atoms with van der Waals surface area (Å²) in [5.74, 6) is 0.138. The third-order valence-corrected chi connectivity index (χ3v) is 6.74. The van der Waals surface area contributed by atoms with Crippen LogP contribution < -0.4 is 15.8 Å². The van der Waals surface area contributed by atoms with Crippen LogP contribution in [0.2, 0.25) is 0 Å². The van der Waals surface area contributed by atoms with E-state index in [9.17, 15) is 18.0 Å². The summed E-state index contributed by atoms with van der Waals surface area (Å²) in [5.41, 5.74) is 7.10. The number of benzene rings is 1. The number of aryl methyl sites for hydroxylation is 2. The lowest BCUT2D eigenvalue weighted by Crippen LogP contribution is -2.21. The molecule has 1 amide bonds. The molecule has 45 heavy (non-hydrogen) atoms. The van der Waals surface area contributed by atoms with Gasteiger partial charge in [0.1, 0.15) is 23.5 Å². The van der Waals surface area contributed by atoms with Gasteiger partial charge in [-0.3, -0.25) is 4.79 Å². The molecular weight excluding hydrogens is 593 g/mol. The van der Waals surface area contributed by atoms with Gasteiger partial charge in [-0.05, 0) is 38.7 Å². The van der Waals surface area contributed by atoms with Crippen molar-refractivity contribution in [3.8, 4) is 28.7 Å². The van der Waals surface area contributed by atoms with Gasteiger partial charge in [-0.15, -0.1) is 0 Å². The monoisotopic (exact) mass is 628 g/mol. The Balaban J connectivity index is 1.63. The molecule has 240 valence electrons. The first kappa shape index (κ1) is 33.3. The van der Waals surface area contributed by atoms with Crippen LogP contribution in [0.4, 0.5) is 19.0 Å². The number of nitrogens with zero attached hydrogens (tertiary/aromatic N) is 6. The molecule has 0 aliphatic heterocycles. The van der Waals surface area contributed by atoms with E-state index in [4.69, 9.17) is 19.9 Å². The minimum atomic E-state index is -4.54. The first-order chi connectivity index (χ1) is 21.5. The lowest BCUT2D eigenvalue weighted by atomic mass is 10.1. The maximum atomic E-state index is 13.1. The van der Waals surface area contributed by atoms with E-state index in [0.717, 1.165) is 11.8 Å². The SMILES string of the molecule is CCOC(CCCc1nc(-c2cncnc2OC)nc(NCc2ccc(-c3nc(C(F)(F)F)cn3C)cc2)c1C(N)=O)OCC. The van der Waals surface area contributed by atoms with Crippen LogP contribution in [-0.2, 0) is 35.7 Å². The minimum absolute atomic E-state index is 0.128. The molecule has 0 fully saturated rings. The molecule has 4 rings (SSSR count). The Kier molecular flexibility index (Phi) is 11.0. The number of methoxy groups -OCH3 is 1. The van der Waals surface area contributed by atoms with Crippen LogP contribution in [0.25, 0.3) is 22.8 Å². The van der Waals surface area contributed by atoms with E-state index >= 15 is 0 Å². The van der Waals surface area contributed by atoms with Crippen molar-refractivity contribution in [3.63, 3.8) is 0 Å². The predicted octanol–water partition coefficient (Wildman–Crippen LogP) is 4.79. The highest BCUT2D eigenvalue weighted by atomic mass is 19.4. The number of nitrogens with two attached hydrogens (primary N) is 1. The molecular formula is C30H35F3N8O4. The van der Waals surface area contributed by atoms with E-state index in [2.05, 4.69) is 30.2 Å². The molecule has 0 aliphatic carbocycles. The van der Waals surface area contributed by atoms with E-state index in [1.807, 2.05) is 13.8 Å². The number of aromatic nitrogens is 6. The Bertz CT molecular complexity index is 1590. The van der Waals surface area contributed by atoms with Crippen molar-refractivity contribution in [2.45, 2.75) is 52.1 Å². The Morgan fingerprint density at radius 3 is 2.40 bits per heavy atom. The minimum Gasteiger partial charge on any atom is -0.480 e. The van der Waals surface area contributed by atoms with Crippen LogP contribution in [0.15, 0.2) is 43.0 Å². The number of carbonyl (C=O) groups is 1. The van der Waals surface area contributed by atoms with Gasteiger partial charge in [0.2, 0.25) is 5.88 Å². The Hall–Kier alpha value is -4.63. The van der Waals surface area contributed by atoms with Crippen LogP contribution in [0, 0.1) is 0 Å². The van der Waals surface area contributed by atoms with Gasteiger partial charge >= 0.3 is 6.18 Å². The van der Waals surface area contributed by atoms with Crippen LogP contribution in [-0.4, -0.2) is 62.0 Å². The van der Waals surface area contributed by atoms with Gasteiger partial charge in [0.25, 0.3) is 5.91 Å². The first-order valence-electron chi connectivity index (χ1n) is 14.3. The molecule has 0 atom stereocenters. The van der Waals surface area contributed by atoms with Gasteiger partial charge in [-0.2, -0.15) is 13.2 Å². The third-order valence-electron chi connectivity index (χ3n) is 6.74. The molecule has 0 aliphatic rings. The summed E-state index contributed by atoms with van der Waals surface area (Å²) in [7, 11) is 2.97. The number of anilines is 1. The van der Waals surface area contributed by atoms with Crippen molar-refractivity contribution < 1.29 is 32.2 Å². The molecule has 0 spiro atoms. The molecule has 0 unspecified atom stereocenters. The molecule has 3 N–H and O–H groups in total. The first-order valence-corrected chi connectivity index (χ1v) is 14.3. The van der Waals surface area contributed by atoms with Crippen LogP contribution in [0.1, 0.15) is 54.0 Å². The van der Waals surface area contributed by atoms with Gasteiger partial charge in [-0.25, -0.2) is 24.9 Å². The molecule has 15 heteroatoms. The molecule has 1 aromatic carbocycles. The summed E-state index contributed by atoms with van der Waals surface area (Å²) in [6.07, 6.45) is 0.360. The Morgan fingerprint density at radius 1 is 1.09 bits per heavy atom. The van der Waals surface area contributed by atoms with Crippen LogP contribution >= 0.6 is 0 Å². The number of rotatable bonds is 15. The van der Waals surface area contributed by atoms with Gasteiger partial charge in [0.15, 0.2) is 17.8 Å². The summed E-state index contributed by atoms with van der Waals surface area (Å²) in [6.45, 7) is 4.97.